The van der Waals surface area contributed by atoms with Crippen LogP contribution in [0.5, 0.6) is 0 Å². The molecule has 1 rings (SSSR count). The van der Waals surface area contributed by atoms with E-state index in [1.165, 1.54) is 0 Å². The van der Waals surface area contributed by atoms with E-state index in [1.807, 2.05) is 25.9 Å². The van der Waals surface area contributed by atoms with Gasteiger partial charge in [-0.1, -0.05) is 6.92 Å². The second kappa shape index (κ2) is 7.10. The molecule has 1 heterocycles. The SMILES string of the molecule is CNCC(C)C(=O)N(C)C1CCN(C(C)C)CC1. The number of likely N-dealkylation sites (tertiary alicyclic amines) is 1. The van der Waals surface area contributed by atoms with Crippen molar-refractivity contribution in [2.75, 3.05) is 33.7 Å². The van der Waals surface area contributed by atoms with Crippen molar-refractivity contribution in [1.29, 1.82) is 0 Å². The van der Waals surface area contributed by atoms with Crippen molar-refractivity contribution in [3.63, 3.8) is 0 Å². The van der Waals surface area contributed by atoms with Crippen molar-refractivity contribution in [3.05, 3.63) is 0 Å². The summed E-state index contributed by atoms with van der Waals surface area (Å²) in [6.07, 6.45) is 2.21. The summed E-state index contributed by atoms with van der Waals surface area (Å²) >= 11 is 0. The van der Waals surface area contributed by atoms with Crippen LogP contribution in [-0.4, -0.2) is 61.5 Å². The summed E-state index contributed by atoms with van der Waals surface area (Å²) in [6, 6.07) is 1.04. The maximum Gasteiger partial charge on any atom is 0.226 e. The molecule has 0 aromatic carbocycles. The smallest absolute Gasteiger partial charge is 0.226 e. The fraction of sp³-hybridized carbons (Fsp3) is 0.929. The molecule has 0 spiro atoms. The van der Waals surface area contributed by atoms with E-state index in [4.69, 9.17) is 0 Å². The highest BCUT2D eigenvalue weighted by atomic mass is 16.2. The average Bonchev–Trinajstić information content (AvgIpc) is 2.37. The molecule has 0 aliphatic carbocycles. The van der Waals surface area contributed by atoms with Crippen molar-refractivity contribution in [1.82, 2.24) is 15.1 Å². The minimum absolute atomic E-state index is 0.0723. The summed E-state index contributed by atoms with van der Waals surface area (Å²) in [6.45, 7) is 9.46. The van der Waals surface area contributed by atoms with Crippen molar-refractivity contribution in [2.45, 2.75) is 45.7 Å². The van der Waals surface area contributed by atoms with Crippen LogP contribution < -0.4 is 5.32 Å². The van der Waals surface area contributed by atoms with Crippen LogP contribution in [0.3, 0.4) is 0 Å². The minimum atomic E-state index is 0.0723. The van der Waals surface area contributed by atoms with Gasteiger partial charge in [-0.3, -0.25) is 4.79 Å². The van der Waals surface area contributed by atoms with Crippen molar-refractivity contribution >= 4 is 5.91 Å². The van der Waals surface area contributed by atoms with Crippen LogP contribution in [0.4, 0.5) is 0 Å². The van der Waals surface area contributed by atoms with Gasteiger partial charge in [-0.15, -0.1) is 0 Å². The molecule has 4 heteroatoms. The number of amides is 1. The normalized spacial score (nSPS) is 20.1. The van der Waals surface area contributed by atoms with Gasteiger partial charge in [0.2, 0.25) is 5.91 Å². The molecular formula is C14H29N3O. The lowest BCUT2D eigenvalue weighted by atomic mass is 10.0. The maximum absolute atomic E-state index is 12.2. The Morgan fingerprint density at radius 2 is 1.89 bits per heavy atom. The van der Waals surface area contributed by atoms with E-state index >= 15 is 0 Å². The number of nitrogens with one attached hydrogen (secondary N) is 1. The molecule has 1 aliphatic rings. The monoisotopic (exact) mass is 255 g/mol. The number of hydrogen-bond acceptors (Lipinski definition) is 3. The molecule has 106 valence electrons. The van der Waals surface area contributed by atoms with Gasteiger partial charge in [0.1, 0.15) is 0 Å². The third-order valence-electron chi connectivity index (χ3n) is 4.06. The van der Waals surface area contributed by atoms with Crippen LogP contribution in [0.1, 0.15) is 33.6 Å². The standard InChI is InChI=1S/C14H29N3O/c1-11(2)17-8-6-13(7-9-17)16(5)14(18)12(3)10-15-4/h11-13,15H,6-10H2,1-5H3. The van der Waals surface area contributed by atoms with Crippen LogP contribution >= 0.6 is 0 Å². The Bertz CT molecular complexity index is 260. The highest BCUT2D eigenvalue weighted by Gasteiger charge is 2.28. The summed E-state index contributed by atoms with van der Waals surface area (Å²) in [5.41, 5.74) is 0. The van der Waals surface area contributed by atoms with Crippen molar-refractivity contribution in [2.24, 2.45) is 5.92 Å². The average molecular weight is 255 g/mol. The van der Waals surface area contributed by atoms with Gasteiger partial charge in [0.25, 0.3) is 0 Å². The molecule has 0 radical (unpaired) electrons. The van der Waals surface area contributed by atoms with Gasteiger partial charge in [0.05, 0.1) is 0 Å². The zero-order valence-corrected chi connectivity index (χ0v) is 12.6. The fourth-order valence-electron chi connectivity index (χ4n) is 2.71. The maximum atomic E-state index is 12.2. The molecule has 18 heavy (non-hydrogen) atoms. The fourth-order valence-corrected chi connectivity index (χ4v) is 2.71. The van der Waals surface area contributed by atoms with E-state index in [9.17, 15) is 4.79 Å². The molecule has 1 amide bonds. The Morgan fingerprint density at radius 3 is 2.33 bits per heavy atom. The first-order valence-electron chi connectivity index (χ1n) is 7.12. The Morgan fingerprint density at radius 1 is 1.33 bits per heavy atom. The van der Waals surface area contributed by atoms with Gasteiger partial charge in [0, 0.05) is 44.7 Å². The molecule has 1 saturated heterocycles. The first-order valence-corrected chi connectivity index (χ1v) is 7.12. The zero-order chi connectivity index (χ0) is 13.7. The molecule has 1 atom stereocenters. The minimum Gasteiger partial charge on any atom is -0.342 e. The second-order valence-electron chi connectivity index (χ2n) is 5.77. The summed E-state index contributed by atoms with van der Waals surface area (Å²) in [5, 5.41) is 3.07. The summed E-state index contributed by atoms with van der Waals surface area (Å²) in [7, 11) is 3.86. The highest BCUT2D eigenvalue weighted by molar-refractivity contribution is 5.78. The zero-order valence-electron chi connectivity index (χ0n) is 12.6. The second-order valence-corrected chi connectivity index (χ2v) is 5.77. The van der Waals surface area contributed by atoms with Gasteiger partial charge < -0.3 is 15.1 Å². The molecule has 0 aromatic rings. The molecule has 0 aromatic heterocycles. The van der Waals surface area contributed by atoms with Crippen LogP contribution in [0.15, 0.2) is 0 Å². The number of hydrogen-bond donors (Lipinski definition) is 1. The van der Waals surface area contributed by atoms with Crippen LogP contribution in [0, 0.1) is 5.92 Å². The largest absolute Gasteiger partial charge is 0.342 e. The van der Waals surface area contributed by atoms with Crippen LogP contribution in [0.25, 0.3) is 0 Å². The van der Waals surface area contributed by atoms with Crippen molar-refractivity contribution in [3.8, 4) is 0 Å². The van der Waals surface area contributed by atoms with E-state index in [-0.39, 0.29) is 11.8 Å². The Kier molecular flexibility index (Phi) is 6.09. The number of carbonyl (C=O) groups excluding carboxylic acids is 1. The van der Waals surface area contributed by atoms with Crippen molar-refractivity contribution < 1.29 is 4.79 Å². The molecule has 0 bridgehead atoms. The third kappa shape index (κ3) is 3.95. The molecular weight excluding hydrogens is 226 g/mol. The molecule has 1 unspecified atom stereocenters. The number of rotatable bonds is 5. The van der Waals surface area contributed by atoms with Gasteiger partial charge in [0.15, 0.2) is 0 Å². The van der Waals surface area contributed by atoms with E-state index < -0.39 is 0 Å². The van der Waals surface area contributed by atoms with Gasteiger partial charge in [-0.05, 0) is 33.7 Å². The molecule has 1 aliphatic heterocycles. The third-order valence-corrected chi connectivity index (χ3v) is 4.06. The van der Waals surface area contributed by atoms with Gasteiger partial charge in [-0.2, -0.15) is 0 Å². The lowest BCUT2D eigenvalue weighted by Gasteiger charge is -2.39. The molecule has 4 nitrogen and oxygen atoms in total. The van der Waals surface area contributed by atoms with E-state index in [2.05, 4.69) is 24.1 Å². The predicted octanol–water partition coefficient (Wildman–Crippen LogP) is 1.17. The first kappa shape index (κ1) is 15.4. The quantitative estimate of drug-likeness (QED) is 0.801. The lowest BCUT2D eigenvalue weighted by molar-refractivity contribution is -0.136. The number of nitrogens with zero attached hydrogens (tertiary/aromatic N) is 2. The summed E-state index contributed by atoms with van der Waals surface area (Å²) in [5.74, 6) is 0.343. The molecule has 0 saturated carbocycles. The number of piperidine rings is 1. The topological polar surface area (TPSA) is 35.6 Å². The Labute approximate surface area is 112 Å². The molecule has 1 fully saturated rings. The molecule has 1 N–H and O–H groups in total. The number of carbonyl (C=O) groups is 1. The van der Waals surface area contributed by atoms with Gasteiger partial charge in [-0.25, -0.2) is 0 Å². The van der Waals surface area contributed by atoms with E-state index in [0.717, 1.165) is 32.5 Å². The first-order chi connectivity index (χ1) is 8.47. The highest BCUT2D eigenvalue weighted by Crippen LogP contribution is 2.18. The lowest BCUT2D eigenvalue weighted by Crippen LogP contribution is -2.49. The van der Waals surface area contributed by atoms with E-state index in [1.54, 1.807) is 0 Å². The summed E-state index contributed by atoms with van der Waals surface area (Å²) in [4.78, 5) is 16.7. The summed E-state index contributed by atoms with van der Waals surface area (Å²) < 4.78 is 0. The Hall–Kier alpha value is -0.610. The predicted molar refractivity (Wildman–Crippen MR) is 75.6 cm³/mol. The van der Waals surface area contributed by atoms with Gasteiger partial charge >= 0.3 is 0 Å². The Balaban J connectivity index is 2.44. The van der Waals surface area contributed by atoms with Crippen LogP contribution in [0.2, 0.25) is 0 Å². The van der Waals surface area contributed by atoms with E-state index in [0.29, 0.717) is 12.1 Å². The van der Waals surface area contributed by atoms with Crippen LogP contribution in [-0.2, 0) is 4.79 Å².